The van der Waals surface area contributed by atoms with Gasteiger partial charge in [-0.15, -0.1) is 0 Å². The van der Waals surface area contributed by atoms with E-state index < -0.39 is 0 Å². The minimum absolute atomic E-state index is 0.127. The molecular formula is C34H36Cl4N2O3. The molecule has 5 nitrogen and oxygen atoms in total. The van der Waals surface area contributed by atoms with E-state index in [4.69, 9.17) is 46.4 Å². The summed E-state index contributed by atoms with van der Waals surface area (Å²) in [6.07, 6.45) is 8.17. The van der Waals surface area contributed by atoms with Gasteiger partial charge in [0.25, 0.3) is 0 Å². The lowest BCUT2D eigenvalue weighted by molar-refractivity contribution is -0.121. The summed E-state index contributed by atoms with van der Waals surface area (Å²) < 4.78 is 0. The molecule has 1 aliphatic heterocycles. The summed E-state index contributed by atoms with van der Waals surface area (Å²) in [7, 11) is 1.65. The van der Waals surface area contributed by atoms with Crippen LogP contribution in [0.1, 0.15) is 49.8 Å². The van der Waals surface area contributed by atoms with Crippen molar-refractivity contribution in [3.63, 3.8) is 0 Å². The third-order valence-electron chi connectivity index (χ3n) is 6.19. The van der Waals surface area contributed by atoms with Crippen molar-refractivity contribution in [2.75, 3.05) is 20.1 Å². The Kier molecular flexibility index (Phi) is 16.2. The van der Waals surface area contributed by atoms with Gasteiger partial charge >= 0.3 is 0 Å². The van der Waals surface area contributed by atoms with Gasteiger partial charge in [0.15, 0.2) is 5.78 Å². The number of nitrogens with zero attached hydrogens (tertiary/aromatic N) is 1. The highest BCUT2D eigenvalue weighted by atomic mass is 35.5. The molecule has 1 aliphatic rings. The van der Waals surface area contributed by atoms with Crippen molar-refractivity contribution >= 4 is 76.7 Å². The Morgan fingerprint density at radius 2 is 1.30 bits per heavy atom. The third kappa shape index (κ3) is 12.6. The predicted molar refractivity (Wildman–Crippen MR) is 181 cm³/mol. The lowest BCUT2D eigenvalue weighted by Gasteiger charge is -2.26. The quantitative estimate of drug-likeness (QED) is 0.203. The van der Waals surface area contributed by atoms with Crippen molar-refractivity contribution in [2.24, 2.45) is 0 Å². The van der Waals surface area contributed by atoms with Crippen LogP contribution in [-0.2, 0) is 20.8 Å². The zero-order valence-corrected chi connectivity index (χ0v) is 27.5. The fraction of sp³-hybridized carbons (Fsp3) is 0.265. The SMILES string of the molecule is CCCC(=O)NC.CCCc1ccccc1.O=CN1C/C(=C\c2ccc(Cl)c(Cl)c2)C(=O)/C(=C/c2ccc(Cl)c(Cl)c2)C1. The number of carbonyl (C=O) groups excluding carboxylic acids is 3. The lowest BCUT2D eigenvalue weighted by Crippen LogP contribution is -2.36. The van der Waals surface area contributed by atoms with Crippen molar-refractivity contribution < 1.29 is 14.4 Å². The molecule has 0 atom stereocenters. The number of hydrogen-bond acceptors (Lipinski definition) is 3. The molecule has 4 rings (SSSR count). The zero-order valence-electron chi connectivity index (χ0n) is 24.5. The van der Waals surface area contributed by atoms with E-state index in [2.05, 4.69) is 42.6 Å². The highest BCUT2D eigenvalue weighted by molar-refractivity contribution is 6.42. The van der Waals surface area contributed by atoms with Gasteiger partial charge in [0.05, 0.1) is 20.1 Å². The van der Waals surface area contributed by atoms with Gasteiger partial charge in [-0.3, -0.25) is 14.4 Å². The van der Waals surface area contributed by atoms with Crippen LogP contribution in [0.3, 0.4) is 0 Å². The summed E-state index contributed by atoms with van der Waals surface area (Å²) in [5.74, 6) is -0.00672. The maximum atomic E-state index is 12.9. The summed E-state index contributed by atoms with van der Waals surface area (Å²) in [5, 5.41) is 4.19. The predicted octanol–water partition coefficient (Wildman–Crippen LogP) is 8.98. The fourth-order valence-electron chi connectivity index (χ4n) is 4.03. The lowest BCUT2D eigenvalue weighted by atomic mass is 9.94. The smallest absolute Gasteiger partial charge is 0.219 e. The van der Waals surface area contributed by atoms with Gasteiger partial charge in [-0.2, -0.15) is 0 Å². The molecule has 0 radical (unpaired) electrons. The van der Waals surface area contributed by atoms with Crippen molar-refractivity contribution in [1.82, 2.24) is 10.2 Å². The van der Waals surface area contributed by atoms with E-state index in [0.29, 0.717) is 37.7 Å². The number of amides is 2. The van der Waals surface area contributed by atoms with E-state index in [1.54, 1.807) is 55.6 Å². The molecule has 1 saturated heterocycles. The Balaban J connectivity index is 0.000000329. The number of nitrogens with one attached hydrogen (secondary N) is 1. The van der Waals surface area contributed by atoms with Crippen molar-refractivity contribution in [2.45, 2.75) is 39.5 Å². The van der Waals surface area contributed by atoms with Crippen LogP contribution in [0.4, 0.5) is 0 Å². The molecule has 0 aliphatic carbocycles. The maximum absolute atomic E-state index is 12.9. The number of aryl methyl sites for hydroxylation is 1. The minimum atomic E-state index is -0.134. The molecule has 2 amide bonds. The van der Waals surface area contributed by atoms with Gasteiger partial charge < -0.3 is 10.2 Å². The molecule has 0 saturated carbocycles. The summed E-state index contributed by atoms with van der Waals surface area (Å²) in [4.78, 5) is 36.1. The Morgan fingerprint density at radius 1 is 0.791 bits per heavy atom. The van der Waals surface area contributed by atoms with Crippen molar-refractivity contribution in [3.05, 3.63) is 115 Å². The Morgan fingerprint density at radius 3 is 1.67 bits per heavy atom. The van der Waals surface area contributed by atoms with Gasteiger partial charge in [-0.1, -0.05) is 109 Å². The van der Waals surface area contributed by atoms with E-state index in [9.17, 15) is 14.4 Å². The van der Waals surface area contributed by atoms with E-state index >= 15 is 0 Å². The number of rotatable bonds is 7. The van der Waals surface area contributed by atoms with Crippen molar-refractivity contribution in [1.29, 1.82) is 0 Å². The molecule has 1 heterocycles. The molecular weight excluding hydrogens is 626 g/mol. The highest BCUT2D eigenvalue weighted by Gasteiger charge is 2.25. The molecule has 1 N–H and O–H groups in total. The molecule has 9 heteroatoms. The number of likely N-dealkylation sites (tertiary alicyclic amines) is 1. The summed E-state index contributed by atoms with van der Waals surface area (Å²) in [6.45, 7) is 4.63. The Bertz CT molecular complexity index is 1370. The summed E-state index contributed by atoms with van der Waals surface area (Å²) in [6, 6.07) is 20.8. The number of piperidine rings is 1. The monoisotopic (exact) mass is 660 g/mol. The zero-order chi connectivity index (χ0) is 31.8. The van der Waals surface area contributed by atoms with Gasteiger partial charge in [0.2, 0.25) is 12.3 Å². The third-order valence-corrected chi connectivity index (χ3v) is 7.66. The van der Waals surface area contributed by atoms with Gasteiger partial charge in [-0.05, 0) is 65.9 Å². The summed E-state index contributed by atoms with van der Waals surface area (Å²) >= 11 is 23.9. The van der Waals surface area contributed by atoms with Gasteiger partial charge in [-0.25, -0.2) is 0 Å². The van der Waals surface area contributed by atoms with E-state index in [1.165, 1.54) is 23.3 Å². The summed E-state index contributed by atoms with van der Waals surface area (Å²) in [5.41, 5.74) is 3.87. The first-order chi connectivity index (χ1) is 20.6. The molecule has 228 valence electrons. The normalized spacial score (nSPS) is 14.4. The molecule has 3 aromatic carbocycles. The second kappa shape index (κ2) is 19.2. The topological polar surface area (TPSA) is 66.5 Å². The van der Waals surface area contributed by atoms with Crippen LogP contribution in [0.25, 0.3) is 12.2 Å². The van der Waals surface area contributed by atoms with Crippen LogP contribution in [0.15, 0.2) is 77.9 Å². The van der Waals surface area contributed by atoms with Crippen LogP contribution < -0.4 is 5.32 Å². The fourth-order valence-corrected chi connectivity index (χ4v) is 4.65. The first-order valence-corrected chi connectivity index (χ1v) is 15.4. The molecule has 0 bridgehead atoms. The van der Waals surface area contributed by atoms with Gasteiger partial charge in [0.1, 0.15) is 0 Å². The second-order valence-corrected chi connectivity index (χ2v) is 11.3. The molecule has 0 spiro atoms. The maximum Gasteiger partial charge on any atom is 0.219 e. The number of Topliss-reactive ketones (excluding diaryl/α,β-unsaturated/α-hetero) is 1. The van der Waals surface area contributed by atoms with Crippen LogP contribution in [0.5, 0.6) is 0 Å². The number of benzene rings is 3. The average Bonchev–Trinajstić information content (AvgIpc) is 3.00. The first kappa shape index (κ1) is 36.1. The largest absolute Gasteiger partial charge is 0.359 e. The molecule has 43 heavy (non-hydrogen) atoms. The van der Waals surface area contributed by atoms with E-state index in [1.807, 2.05) is 6.92 Å². The molecule has 1 fully saturated rings. The Hall–Kier alpha value is -3.09. The van der Waals surface area contributed by atoms with Gasteiger partial charge in [0, 0.05) is 37.7 Å². The average molecular weight is 662 g/mol. The van der Waals surface area contributed by atoms with E-state index in [0.717, 1.165) is 24.0 Å². The highest BCUT2D eigenvalue weighted by Crippen LogP contribution is 2.27. The van der Waals surface area contributed by atoms with Crippen LogP contribution >= 0.6 is 46.4 Å². The Labute approximate surface area is 274 Å². The molecule has 3 aromatic rings. The standard InChI is InChI=1S/C20H13Cl4NO2.C9H12.C5H11NO/c21-16-3-1-12(7-18(16)23)5-14-9-25(11-26)10-15(20(14)27)6-13-2-4-17(22)19(24)8-13;1-2-6-9-7-4-3-5-8-9;1-3-4-5(7)6-2/h1-8,11H,9-10H2;3-5,7-8H,2,6H2,1H3;3-4H2,1-2H3,(H,6,7)/b14-5+,15-6+;;. The van der Waals surface area contributed by atoms with Crippen molar-refractivity contribution in [3.8, 4) is 0 Å². The number of halogens is 4. The van der Waals surface area contributed by atoms with Crippen LogP contribution in [0.2, 0.25) is 20.1 Å². The minimum Gasteiger partial charge on any atom is -0.359 e. The molecule has 0 aromatic heterocycles. The molecule has 0 unspecified atom stereocenters. The van der Waals surface area contributed by atoms with Crippen LogP contribution in [-0.4, -0.2) is 43.1 Å². The van der Waals surface area contributed by atoms with Crippen LogP contribution in [0, 0.1) is 0 Å². The number of carbonyl (C=O) groups is 3. The van der Waals surface area contributed by atoms with E-state index in [-0.39, 0.29) is 24.8 Å². The number of ketones is 1. The number of hydrogen-bond donors (Lipinski definition) is 1. The first-order valence-electron chi connectivity index (χ1n) is 13.9. The second-order valence-electron chi connectivity index (χ2n) is 9.68.